The summed E-state index contributed by atoms with van der Waals surface area (Å²) < 4.78 is 26.7. The van der Waals surface area contributed by atoms with Gasteiger partial charge in [-0.15, -0.1) is 11.8 Å². The van der Waals surface area contributed by atoms with Crippen LogP contribution in [0.2, 0.25) is 0 Å². The number of nitrogens with one attached hydrogen (secondary N) is 1. The van der Waals surface area contributed by atoms with Crippen molar-refractivity contribution in [2.45, 2.75) is 18.2 Å². The Morgan fingerprint density at radius 1 is 1.41 bits per heavy atom. The number of amides is 1. The van der Waals surface area contributed by atoms with Gasteiger partial charge in [0, 0.05) is 12.2 Å². The van der Waals surface area contributed by atoms with Gasteiger partial charge < -0.3 is 11.1 Å². The van der Waals surface area contributed by atoms with Crippen LogP contribution in [0.1, 0.15) is 13.3 Å². The molecule has 0 aliphatic carbocycles. The van der Waals surface area contributed by atoms with Crippen molar-refractivity contribution < 1.29 is 13.6 Å². The third-order valence-electron chi connectivity index (χ3n) is 1.94. The maximum absolute atomic E-state index is 13.3. The molecule has 1 aromatic carbocycles. The summed E-state index contributed by atoms with van der Waals surface area (Å²) in [5.41, 5.74) is 5.31. The molecule has 1 aromatic rings. The van der Waals surface area contributed by atoms with E-state index in [-0.39, 0.29) is 22.2 Å². The normalized spacial score (nSPS) is 10.3. The Labute approximate surface area is 103 Å². The van der Waals surface area contributed by atoms with E-state index < -0.39 is 11.6 Å². The van der Waals surface area contributed by atoms with Crippen LogP contribution >= 0.6 is 11.8 Å². The van der Waals surface area contributed by atoms with Gasteiger partial charge >= 0.3 is 0 Å². The smallest absolute Gasteiger partial charge is 0.230 e. The fraction of sp³-hybridized carbons (Fsp3) is 0.364. The number of halogens is 2. The lowest BCUT2D eigenvalue weighted by Crippen LogP contribution is -2.25. The SMILES string of the molecule is CCCNC(=O)CSc1c(F)cc(N)cc1F. The van der Waals surface area contributed by atoms with Gasteiger partial charge in [0.2, 0.25) is 5.91 Å². The first-order valence-electron chi connectivity index (χ1n) is 5.18. The Balaban J connectivity index is 2.60. The van der Waals surface area contributed by atoms with Gasteiger partial charge in [0.25, 0.3) is 0 Å². The molecule has 0 saturated carbocycles. The second kappa shape index (κ2) is 6.44. The fourth-order valence-corrected chi connectivity index (χ4v) is 1.94. The maximum Gasteiger partial charge on any atom is 0.230 e. The monoisotopic (exact) mass is 260 g/mol. The molecule has 17 heavy (non-hydrogen) atoms. The molecule has 0 radical (unpaired) electrons. The minimum absolute atomic E-state index is 0.0161. The highest BCUT2D eigenvalue weighted by Gasteiger charge is 2.12. The topological polar surface area (TPSA) is 55.1 Å². The summed E-state index contributed by atoms with van der Waals surface area (Å²) in [7, 11) is 0. The molecule has 0 bridgehead atoms. The lowest BCUT2D eigenvalue weighted by molar-refractivity contribution is -0.118. The molecule has 0 fully saturated rings. The van der Waals surface area contributed by atoms with Crippen LogP contribution in [0, 0.1) is 11.6 Å². The number of hydrogen-bond donors (Lipinski definition) is 2. The number of nitrogens with two attached hydrogens (primary N) is 1. The number of carbonyl (C=O) groups excluding carboxylic acids is 1. The lowest BCUT2D eigenvalue weighted by atomic mass is 10.3. The molecular weight excluding hydrogens is 246 g/mol. The van der Waals surface area contributed by atoms with Crippen LogP contribution in [0.5, 0.6) is 0 Å². The molecule has 6 heteroatoms. The second-order valence-electron chi connectivity index (χ2n) is 3.45. The summed E-state index contributed by atoms with van der Waals surface area (Å²) in [4.78, 5) is 11.1. The number of anilines is 1. The zero-order chi connectivity index (χ0) is 12.8. The van der Waals surface area contributed by atoms with Crippen LogP contribution in [0.3, 0.4) is 0 Å². The van der Waals surface area contributed by atoms with Crippen LogP contribution < -0.4 is 11.1 Å². The van der Waals surface area contributed by atoms with E-state index in [4.69, 9.17) is 5.73 Å². The summed E-state index contributed by atoms with van der Waals surface area (Å²) in [6.45, 7) is 2.48. The van der Waals surface area contributed by atoms with Crippen molar-refractivity contribution in [2.24, 2.45) is 0 Å². The molecule has 3 nitrogen and oxygen atoms in total. The number of benzene rings is 1. The Bertz CT molecular complexity index is 389. The average Bonchev–Trinajstić information content (AvgIpc) is 2.24. The maximum atomic E-state index is 13.3. The van der Waals surface area contributed by atoms with E-state index in [9.17, 15) is 13.6 Å². The summed E-state index contributed by atoms with van der Waals surface area (Å²) in [5.74, 6) is -1.74. The number of rotatable bonds is 5. The van der Waals surface area contributed by atoms with Gasteiger partial charge in [0.15, 0.2) is 0 Å². The number of thioether (sulfide) groups is 1. The largest absolute Gasteiger partial charge is 0.399 e. The number of carbonyl (C=O) groups is 1. The molecule has 0 atom stereocenters. The Morgan fingerprint density at radius 3 is 2.53 bits per heavy atom. The Morgan fingerprint density at radius 2 is 2.00 bits per heavy atom. The Hall–Kier alpha value is -1.30. The molecule has 0 aliphatic rings. The van der Waals surface area contributed by atoms with Crippen molar-refractivity contribution >= 4 is 23.4 Å². The van der Waals surface area contributed by atoms with Crippen LogP contribution in [-0.2, 0) is 4.79 Å². The van der Waals surface area contributed by atoms with E-state index >= 15 is 0 Å². The van der Waals surface area contributed by atoms with Gasteiger partial charge in [-0.1, -0.05) is 6.92 Å². The van der Waals surface area contributed by atoms with Crippen LogP contribution in [0.4, 0.5) is 14.5 Å². The molecule has 0 aliphatic heterocycles. The molecule has 0 saturated heterocycles. The summed E-state index contributed by atoms with van der Waals surface area (Å²) in [6.07, 6.45) is 0.820. The highest BCUT2D eigenvalue weighted by atomic mass is 32.2. The quantitative estimate of drug-likeness (QED) is 0.630. The van der Waals surface area contributed by atoms with Gasteiger partial charge in [-0.25, -0.2) is 8.78 Å². The van der Waals surface area contributed by atoms with E-state index in [1.165, 1.54) is 0 Å². The predicted octanol–water partition coefficient (Wildman–Crippen LogP) is 2.17. The highest BCUT2D eigenvalue weighted by molar-refractivity contribution is 8.00. The molecule has 0 heterocycles. The molecule has 1 amide bonds. The van der Waals surface area contributed by atoms with Crippen molar-refractivity contribution in [3.05, 3.63) is 23.8 Å². The van der Waals surface area contributed by atoms with Crippen molar-refractivity contribution in [3.8, 4) is 0 Å². The number of nitrogen functional groups attached to an aromatic ring is 1. The van der Waals surface area contributed by atoms with Crippen LogP contribution in [0.15, 0.2) is 17.0 Å². The van der Waals surface area contributed by atoms with Gasteiger partial charge in [0.1, 0.15) is 11.6 Å². The van der Waals surface area contributed by atoms with Crippen LogP contribution in [0.25, 0.3) is 0 Å². The summed E-state index contributed by atoms with van der Waals surface area (Å²) in [5, 5.41) is 2.62. The fourth-order valence-electron chi connectivity index (χ4n) is 1.17. The summed E-state index contributed by atoms with van der Waals surface area (Å²) in [6, 6.07) is 2.07. The lowest BCUT2D eigenvalue weighted by Gasteiger charge is -2.06. The zero-order valence-corrected chi connectivity index (χ0v) is 10.2. The molecule has 0 spiro atoms. The Kier molecular flexibility index (Phi) is 5.21. The molecule has 0 unspecified atom stereocenters. The first-order chi connectivity index (χ1) is 8.04. The first-order valence-corrected chi connectivity index (χ1v) is 6.17. The zero-order valence-electron chi connectivity index (χ0n) is 9.43. The van der Waals surface area contributed by atoms with E-state index in [1.807, 2.05) is 6.92 Å². The van der Waals surface area contributed by atoms with Crippen molar-refractivity contribution in [3.63, 3.8) is 0 Å². The van der Waals surface area contributed by atoms with Gasteiger partial charge in [0.05, 0.1) is 10.6 Å². The number of hydrogen-bond acceptors (Lipinski definition) is 3. The average molecular weight is 260 g/mol. The van der Waals surface area contributed by atoms with Gasteiger partial charge in [-0.05, 0) is 18.6 Å². The predicted molar refractivity (Wildman–Crippen MR) is 64.8 cm³/mol. The van der Waals surface area contributed by atoms with Crippen molar-refractivity contribution in [1.29, 1.82) is 0 Å². The molecule has 3 N–H and O–H groups in total. The second-order valence-corrected chi connectivity index (χ2v) is 4.44. The van der Waals surface area contributed by atoms with Crippen LogP contribution in [-0.4, -0.2) is 18.2 Å². The molecular formula is C11H14F2N2OS. The van der Waals surface area contributed by atoms with E-state index in [1.54, 1.807) is 0 Å². The molecule has 94 valence electrons. The van der Waals surface area contributed by atoms with E-state index in [0.29, 0.717) is 6.54 Å². The minimum atomic E-state index is -0.740. The summed E-state index contributed by atoms with van der Waals surface area (Å²) >= 11 is 0.823. The van der Waals surface area contributed by atoms with E-state index in [0.717, 1.165) is 30.3 Å². The molecule has 1 rings (SSSR count). The van der Waals surface area contributed by atoms with Crippen molar-refractivity contribution in [1.82, 2.24) is 5.32 Å². The van der Waals surface area contributed by atoms with E-state index in [2.05, 4.69) is 5.32 Å². The highest BCUT2D eigenvalue weighted by Crippen LogP contribution is 2.26. The standard InChI is InChI=1S/C11H14F2N2OS/c1-2-3-15-10(16)6-17-11-8(12)4-7(14)5-9(11)13/h4-5H,2-3,6,14H2,1H3,(H,15,16). The molecule has 0 aromatic heterocycles. The third kappa shape index (κ3) is 4.22. The van der Waals surface area contributed by atoms with Gasteiger partial charge in [-0.2, -0.15) is 0 Å². The minimum Gasteiger partial charge on any atom is -0.399 e. The first kappa shape index (κ1) is 13.8. The van der Waals surface area contributed by atoms with Gasteiger partial charge in [-0.3, -0.25) is 4.79 Å². The van der Waals surface area contributed by atoms with Crippen molar-refractivity contribution in [2.75, 3.05) is 18.0 Å². The third-order valence-corrected chi connectivity index (χ3v) is 3.03.